The van der Waals surface area contributed by atoms with E-state index in [-0.39, 0.29) is 0 Å². The van der Waals surface area contributed by atoms with Crippen LogP contribution in [0.25, 0.3) is 11.0 Å². The third-order valence-corrected chi connectivity index (χ3v) is 4.82. The zero-order chi connectivity index (χ0) is 13.7. The highest BCUT2D eigenvalue weighted by Crippen LogP contribution is 2.30. The molecule has 4 rings (SSSR count). The van der Waals surface area contributed by atoms with Crippen LogP contribution >= 0.6 is 0 Å². The number of fused-ring (bicyclic) bond motifs is 2. The largest absolute Gasteiger partial charge is 0.379 e. The summed E-state index contributed by atoms with van der Waals surface area (Å²) in [6, 6.07) is 3.50. The molecule has 2 saturated heterocycles. The van der Waals surface area contributed by atoms with Crippen molar-refractivity contribution in [3.05, 3.63) is 18.0 Å². The predicted octanol–water partition coefficient (Wildman–Crippen LogP) is 1.93. The van der Waals surface area contributed by atoms with Crippen molar-refractivity contribution in [2.24, 2.45) is 7.05 Å². The Hall–Kier alpha value is -1.62. The molecule has 0 saturated carbocycles. The molecule has 2 aliphatic rings. The lowest BCUT2D eigenvalue weighted by Gasteiger charge is -2.22. The first kappa shape index (κ1) is 12.1. The minimum Gasteiger partial charge on any atom is -0.379 e. The van der Waals surface area contributed by atoms with Gasteiger partial charge >= 0.3 is 0 Å². The first-order valence-corrected chi connectivity index (χ1v) is 7.52. The molecule has 5 nitrogen and oxygen atoms in total. The fourth-order valence-corrected chi connectivity index (χ4v) is 3.85. The molecule has 2 atom stereocenters. The highest BCUT2D eigenvalue weighted by Gasteiger charge is 2.36. The van der Waals surface area contributed by atoms with E-state index >= 15 is 0 Å². The van der Waals surface area contributed by atoms with Crippen LogP contribution in [-0.2, 0) is 7.05 Å². The summed E-state index contributed by atoms with van der Waals surface area (Å²) in [6.45, 7) is 4.56. The highest BCUT2D eigenvalue weighted by molar-refractivity contribution is 5.81. The molecule has 0 aromatic carbocycles. The Kier molecular flexibility index (Phi) is 2.70. The van der Waals surface area contributed by atoms with Crippen LogP contribution in [0.4, 0.5) is 5.69 Å². The van der Waals surface area contributed by atoms with Gasteiger partial charge in [0.25, 0.3) is 0 Å². The molecule has 2 aromatic rings. The lowest BCUT2D eigenvalue weighted by atomic mass is 10.1. The summed E-state index contributed by atoms with van der Waals surface area (Å²) in [5.41, 5.74) is 3.14. The molecule has 5 heteroatoms. The van der Waals surface area contributed by atoms with Crippen LogP contribution in [0, 0.1) is 6.92 Å². The number of aryl methyl sites for hydroxylation is 2. The Balaban J connectivity index is 1.61. The number of nitrogens with zero attached hydrogens (tertiary/aromatic N) is 4. The van der Waals surface area contributed by atoms with Crippen LogP contribution in [-0.4, -0.2) is 44.8 Å². The third kappa shape index (κ3) is 1.80. The van der Waals surface area contributed by atoms with Gasteiger partial charge in [-0.2, -0.15) is 5.10 Å². The molecular weight excluding hydrogens is 250 g/mol. The smallest absolute Gasteiger partial charge is 0.157 e. The number of pyridine rings is 1. The summed E-state index contributed by atoms with van der Waals surface area (Å²) in [7, 11) is 1.95. The molecule has 2 aromatic heterocycles. The van der Waals surface area contributed by atoms with Crippen molar-refractivity contribution in [1.82, 2.24) is 19.7 Å². The summed E-state index contributed by atoms with van der Waals surface area (Å²) in [4.78, 5) is 7.18. The summed E-state index contributed by atoms with van der Waals surface area (Å²) < 4.78 is 1.85. The van der Waals surface area contributed by atoms with Crippen molar-refractivity contribution in [2.45, 2.75) is 38.3 Å². The number of rotatable bonds is 2. The van der Waals surface area contributed by atoms with E-state index in [1.165, 1.54) is 32.4 Å². The van der Waals surface area contributed by atoms with Gasteiger partial charge in [-0.25, -0.2) is 4.98 Å². The zero-order valence-electron chi connectivity index (χ0n) is 12.1. The van der Waals surface area contributed by atoms with E-state index in [9.17, 15) is 0 Å². The Morgan fingerprint density at radius 2 is 2.20 bits per heavy atom. The van der Waals surface area contributed by atoms with Crippen molar-refractivity contribution in [3.8, 4) is 0 Å². The Bertz CT molecular complexity index is 647. The van der Waals surface area contributed by atoms with E-state index in [0.717, 1.165) is 28.5 Å². The molecule has 0 radical (unpaired) electrons. The van der Waals surface area contributed by atoms with E-state index in [1.54, 1.807) is 0 Å². The van der Waals surface area contributed by atoms with Gasteiger partial charge in [0.05, 0.1) is 17.6 Å². The molecule has 106 valence electrons. The van der Waals surface area contributed by atoms with Gasteiger partial charge in [0.15, 0.2) is 5.65 Å². The monoisotopic (exact) mass is 271 g/mol. The standard InChI is InChI=1S/C15H21N5/c1-10-12-8-11(9-16-15(12)19(2)18-10)17-13-5-7-20-6-3-4-14(13)20/h8-9,13-14,17H,3-7H2,1-2H3. The van der Waals surface area contributed by atoms with Gasteiger partial charge < -0.3 is 5.32 Å². The molecule has 2 aliphatic heterocycles. The number of hydrogen-bond acceptors (Lipinski definition) is 4. The van der Waals surface area contributed by atoms with Gasteiger partial charge in [-0.05, 0) is 38.8 Å². The quantitative estimate of drug-likeness (QED) is 0.906. The van der Waals surface area contributed by atoms with Crippen LogP contribution < -0.4 is 5.32 Å². The minimum absolute atomic E-state index is 0.578. The van der Waals surface area contributed by atoms with Crippen LogP contribution in [0.15, 0.2) is 12.3 Å². The summed E-state index contributed by atoms with van der Waals surface area (Å²) >= 11 is 0. The van der Waals surface area contributed by atoms with Gasteiger partial charge in [0.1, 0.15) is 0 Å². The number of anilines is 1. The van der Waals surface area contributed by atoms with Gasteiger partial charge in [0.2, 0.25) is 0 Å². The topological polar surface area (TPSA) is 46.0 Å². The lowest BCUT2D eigenvalue weighted by molar-refractivity contribution is 0.318. The van der Waals surface area contributed by atoms with Crippen LogP contribution in [0.1, 0.15) is 25.0 Å². The van der Waals surface area contributed by atoms with Crippen LogP contribution in [0.3, 0.4) is 0 Å². The van der Waals surface area contributed by atoms with Gasteiger partial charge in [-0.15, -0.1) is 0 Å². The van der Waals surface area contributed by atoms with E-state index in [4.69, 9.17) is 0 Å². The SMILES string of the molecule is Cc1nn(C)c2ncc(NC3CCN4CCCC34)cc12. The second-order valence-corrected chi connectivity index (χ2v) is 6.09. The molecular formula is C15H21N5. The molecule has 4 heterocycles. The summed E-state index contributed by atoms with van der Waals surface area (Å²) in [5.74, 6) is 0. The average Bonchev–Trinajstić information content (AvgIpc) is 3.09. The first-order chi connectivity index (χ1) is 9.72. The number of aromatic nitrogens is 3. The molecule has 2 fully saturated rings. The van der Waals surface area contributed by atoms with Crippen LogP contribution in [0.5, 0.6) is 0 Å². The third-order valence-electron chi connectivity index (χ3n) is 4.82. The Labute approximate surface area is 119 Å². The molecule has 0 amide bonds. The second-order valence-electron chi connectivity index (χ2n) is 6.09. The second kappa shape index (κ2) is 4.45. The molecule has 0 spiro atoms. The number of hydrogen-bond donors (Lipinski definition) is 1. The van der Waals surface area contributed by atoms with Gasteiger partial charge in [-0.3, -0.25) is 9.58 Å². The first-order valence-electron chi connectivity index (χ1n) is 7.52. The van der Waals surface area contributed by atoms with Crippen molar-refractivity contribution in [2.75, 3.05) is 18.4 Å². The summed E-state index contributed by atoms with van der Waals surface area (Å²) in [6.07, 6.45) is 5.87. The van der Waals surface area contributed by atoms with Gasteiger partial charge in [0, 0.05) is 31.1 Å². The molecule has 0 aliphatic carbocycles. The highest BCUT2D eigenvalue weighted by atomic mass is 15.3. The van der Waals surface area contributed by atoms with E-state index in [1.807, 2.05) is 24.9 Å². The van der Waals surface area contributed by atoms with Crippen molar-refractivity contribution in [1.29, 1.82) is 0 Å². The van der Waals surface area contributed by atoms with Gasteiger partial charge in [-0.1, -0.05) is 0 Å². The molecule has 1 N–H and O–H groups in total. The summed E-state index contributed by atoms with van der Waals surface area (Å²) in [5, 5.41) is 9.29. The van der Waals surface area contributed by atoms with E-state index in [2.05, 4.69) is 26.4 Å². The zero-order valence-corrected chi connectivity index (χ0v) is 12.1. The maximum absolute atomic E-state index is 4.55. The van der Waals surface area contributed by atoms with Crippen molar-refractivity contribution < 1.29 is 0 Å². The van der Waals surface area contributed by atoms with Crippen molar-refractivity contribution in [3.63, 3.8) is 0 Å². The van der Waals surface area contributed by atoms with E-state index < -0.39 is 0 Å². The predicted molar refractivity (Wildman–Crippen MR) is 79.9 cm³/mol. The Morgan fingerprint density at radius 3 is 3.10 bits per heavy atom. The van der Waals surface area contributed by atoms with Crippen LogP contribution in [0.2, 0.25) is 0 Å². The fraction of sp³-hybridized carbons (Fsp3) is 0.600. The van der Waals surface area contributed by atoms with E-state index in [0.29, 0.717) is 6.04 Å². The fourth-order valence-electron chi connectivity index (χ4n) is 3.85. The molecule has 20 heavy (non-hydrogen) atoms. The Morgan fingerprint density at radius 1 is 1.30 bits per heavy atom. The maximum atomic E-state index is 4.55. The molecule has 2 unspecified atom stereocenters. The normalized spacial score (nSPS) is 26.3. The lowest BCUT2D eigenvalue weighted by Crippen LogP contribution is -2.33. The van der Waals surface area contributed by atoms with Crippen molar-refractivity contribution >= 4 is 16.7 Å². The number of nitrogens with one attached hydrogen (secondary N) is 1. The maximum Gasteiger partial charge on any atom is 0.157 e. The minimum atomic E-state index is 0.578. The molecule has 0 bridgehead atoms. The average molecular weight is 271 g/mol.